The zero-order valence-corrected chi connectivity index (χ0v) is 11.7. The van der Waals surface area contributed by atoms with Gasteiger partial charge in [0.2, 0.25) is 0 Å². The number of rotatable bonds is 3. The molecule has 1 aliphatic heterocycles. The van der Waals surface area contributed by atoms with Crippen LogP contribution in [0, 0.1) is 5.41 Å². The van der Waals surface area contributed by atoms with Crippen molar-refractivity contribution < 1.29 is 0 Å². The normalized spacial score (nSPS) is 25.0. The van der Waals surface area contributed by atoms with Crippen molar-refractivity contribution >= 4 is 17.6 Å². The van der Waals surface area contributed by atoms with Crippen LogP contribution in [0.2, 0.25) is 0 Å². The van der Waals surface area contributed by atoms with E-state index in [-0.39, 0.29) is 5.84 Å². The maximum absolute atomic E-state index is 7.57. The first-order chi connectivity index (χ1) is 8.56. The number of thioether (sulfide) groups is 1. The molecular weight excluding hydrogens is 244 g/mol. The van der Waals surface area contributed by atoms with Gasteiger partial charge in [-0.1, -0.05) is 19.9 Å². The number of hydrogen-bond acceptors (Lipinski definition) is 4. The first kappa shape index (κ1) is 13.4. The van der Waals surface area contributed by atoms with E-state index in [1.54, 1.807) is 6.20 Å². The molecule has 1 aliphatic rings. The van der Waals surface area contributed by atoms with Gasteiger partial charge >= 0.3 is 0 Å². The van der Waals surface area contributed by atoms with Gasteiger partial charge in [-0.2, -0.15) is 11.8 Å². The molecule has 2 rings (SSSR count). The van der Waals surface area contributed by atoms with E-state index >= 15 is 0 Å². The van der Waals surface area contributed by atoms with E-state index in [1.165, 1.54) is 0 Å². The van der Waals surface area contributed by atoms with Gasteiger partial charge in [0.1, 0.15) is 11.5 Å². The molecule has 0 aliphatic carbocycles. The number of nitrogen functional groups attached to an aromatic ring is 1. The molecule has 0 amide bonds. The molecule has 1 aromatic heterocycles. The topological polar surface area (TPSA) is 66.0 Å². The highest BCUT2D eigenvalue weighted by Gasteiger charge is 2.23. The molecule has 1 fully saturated rings. The van der Waals surface area contributed by atoms with E-state index in [2.05, 4.69) is 23.7 Å². The van der Waals surface area contributed by atoms with Crippen molar-refractivity contribution in [2.75, 3.05) is 13.1 Å². The highest BCUT2D eigenvalue weighted by molar-refractivity contribution is 8.00. The lowest BCUT2D eigenvalue weighted by Gasteiger charge is -2.34. The average Bonchev–Trinajstić information content (AvgIpc) is 2.27. The van der Waals surface area contributed by atoms with Crippen LogP contribution in [0.5, 0.6) is 0 Å². The maximum atomic E-state index is 7.57. The molecular formula is C13H20N4S. The number of pyridine rings is 1. The van der Waals surface area contributed by atoms with Gasteiger partial charge in [-0.05, 0) is 11.6 Å². The Morgan fingerprint density at radius 3 is 2.78 bits per heavy atom. The average molecular weight is 264 g/mol. The summed E-state index contributed by atoms with van der Waals surface area (Å²) in [5, 5.41) is 8.88. The molecule has 1 aromatic rings. The lowest BCUT2D eigenvalue weighted by atomic mass is 10.1. The molecule has 18 heavy (non-hydrogen) atoms. The van der Waals surface area contributed by atoms with Crippen LogP contribution in [0.4, 0.5) is 0 Å². The van der Waals surface area contributed by atoms with Crippen molar-refractivity contribution in [1.82, 2.24) is 9.88 Å². The first-order valence-electron chi connectivity index (χ1n) is 6.22. The summed E-state index contributed by atoms with van der Waals surface area (Å²) in [6.07, 6.45) is 1.69. The molecule has 0 saturated carbocycles. The predicted octanol–water partition coefficient (Wildman–Crippen LogP) is 1.69. The summed E-state index contributed by atoms with van der Waals surface area (Å²) >= 11 is 2.04. The zero-order chi connectivity index (χ0) is 13.1. The van der Waals surface area contributed by atoms with Crippen LogP contribution >= 0.6 is 11.8 Å². The lowest BCUT2D eigenvalue weighted by molar-refractivity contribution is 0.262. The minimum atomic E-state index is 0.0538. The Hall–Kier alpha value is -1.07. The second-order valence-corrected chi connectivity index (χ2v) is 6.76. The minimum Gasteiger partial charge on any atom is -0.382 e. The van der Waals surface area contributed by atoms with Gasteiger partial charge in [-0.15, -0.1) is 0 Å². The summed E-state index contributed by atoms with van der Waals surface area (Å²) in [4.78, 5) is 6.63. The van der Waals surface area contributed by atoms with Crippen LogP contribution in [0.15, 0.2) is 18.3 Å². The van der Waals surface area contributed by atoms with Crippen molar-refractivity contribution in [1.29, 1.82) is 5.41 Å². The smallest absolute Gasteiger partial charge is 0.142 e. The summed E-state index contributed by atoms with van der Waals surface area (Å²) in [7, 11) is 0. The summed E-state index contributed by atoms with van der Waals surface area (Å²) < 4.78 is 0. The van der Waals surface area contributed by atoms with Crippen LogP contribution < -0.4 is 5.73 Å². The fourth-order valence-electron chi connectivity index (χ4n) is 2.46. The second-order valence-electron chi connectivity index (χ2n) is 4.88. The Morgan fingerprint density at radius 1 is 1.50 bits per heavy atom. The number of nitrogens with one attached hydrogen (secondary N) is 1. The van der Waals surface area contributed by atoms with Gasteiger partial charge in [0, 0.05) is 36.3 Å². The van der Waals surface area contributed by atoms with Gasteiger partial charge in [-0.3, -0.25) is 15.3 Å². The molecule has 5 heteroatoms. The molecule has 0 bridgehead atoms. The van der Waals surface area contributed by atoms with E-state index < -0.39 is 0 Å². The van der Waals surface area contributed by atoms with Gasteiger partial charge in [-0.25, -0.2) is 0 Å². The van der Waals surface area contributed by atoms with Crippen LogP contribution in [0.1, 0.15) is 25.1 Å². The van der Waals surface area contributed by atoms with E-state index in [9.17, 15) is 0 Å². The highest BCUT2D eigenvalue weighted by Crippen LogP contribution is 2.25. The van der Waals surface area contributed by atoms with E-state index in [0.29, 0.717) is 16.2 Å². The minimum absolute atomic E-state index is 0.0538. The molecule has 0 aromatic carbocycles. The number of nitrogens with two attached hydrogens (primary N) is 1. The quantitative estimate of drug-likeness (QED) is 0.644. The Bertz CT molecular complexity index is 425. The zero-order valence-electron chi connectivity index (χ0n) is 10.9. The van der Waals surface area contributed by atoms with E-state index in [1.807, 2.05) is 23.9 Å². The van der Waals surface area contributed by atoms with Gasteiger partial charge < -0.3 is 5.73 Å². The van der Waals surface area contributed by atoms with Crippen LogP contribution in [0.3, 0.4) is 0 Å². The van der Waals surface area contributed by atoms with Crippen LogP contribution in [-0.2, 0) is 6.54 Å². The molecule has 2 heterocycles. The standard InChI is InChI=1S/C13H20N4S/c1-9-6-17(7-10(2)18-9)8-11-4-3-5-16-12(11)13(14)15/h3-5,9-10H,6-8H2,1-2H3,(H3,14,15). The van der Waals surface area contributed by atoms with Gasteiger partial charge in [0.25, 0.3) is 0 Å². The van der Waals surface area contributed by atoms with Gasteiger partial charge in [0.05, 0.1) is 0 Å². The summed E-state index contributed by atoms with van der Waals surface area (Å²) in [6.45, 7) is 7.53. The number of nitrogens with zero attached hydrogens (tertiary/aromatic N) is 2. The Kier molecular flexibility index (Phi) is 4.24. The molecule has 1 saturated heterocycles. The monoisotopic (exact) mass is 264 g/mol. The lowest BCUT2D eigenvalue weighted by Crippen LogP contribution is -2.40. The first-order valence-corrected chi connectivity index (χ1v) is 7.16. The molecule has 4 nitrogen and oxygen atoms in total. The highest BCUT2D eigenvalue weighted by atomic mass is 32.2. The summed E-state index contributed by atoms with van der Waals surface area (Å²) in [5.74, 6) is 0.0538. The third-order valence-corrected chi connectivity index (χ3v) is 4.26. The fourth-order valence-corrected chi connectivity index (χ4v) is 3.85. The van der Waals surface area contributed by atoms with Crippen molar-refractivity contribution in [3.63, 3.8) is 0 Å². The SMILES string of the molecule is CC1CN(Cc2cccnc2C(=N)N)CC(C)S1. The van der Waals surface area contributed by atoms with E-state index in [0.717, 1.165) is 25.2 Å². The van der Waals surface area contributed by atoms with E-state index in [4.69, 9.17) is 11.1 Å². The molecule has 2 atom stereocenters. The van der Waals surface area contributed by atoms with Crippen LogP contribution in [-0.4, -0.2) is 39.3 Å². The molecule has 0 radical (unpaired) electrons. The number of amidine groups is 1. The van der Waals surface area contributed by atoms with Crippen molar-refractivity contribution in [2.45, 2.75) is 30.9 Å². The Balaban J connectivity index is 2.11. The van der Waals surface area contributed by atoms with Crippen molar-refractivity contribution in [2.24, 2.45) is 5.73 Å². The number of hydrogen-bond donors (Lipinski definition) is 2. The molecule has 3 N–H and O–H groups in total. The second kappa shape index (κ2) is 5.71. The third-order valence-electron chi connectivity index (χ3n) is 3.04. The number of aromatic nitrogens is 1. The van der Waals surface area contributed by atoms with Crippen molar-refractivity contribution in [3.05, 3.63) is 29.6 Å². The Morgan fingerprint density at radius 2 is 2.17 bits per heavy atom. The van der Waals surface area contributed by atoms with Crippen molar-refractivity contribution in [3.8, 4) is 0 Å². The summed E-state index contributed by atoms with van der Waals surface area (Å²) in [5.41, 5.74) is 7.25. The van der Waals surface area contributed by atoms with Crippen LogP contribution in [0.25, 0.3) is 0 Å². The van der Waals surface area contributed by atoms with Gasteiger partial charge in [0.15, 0.2) is 0 Å². The molecule has 0 spiro atoms. The fraction of sp³-hybridized carbons (Fsp3) is 0.538. The summed E-state index contributed by atoms with van der Waals surface area (Å²) in [6, 6.07) is 3.92. The molecule has 98 valence electrons. The maximum Gasteiger partial charge on any atom is 0.142 e. The third kappa shape index (κ3) is 3.23. The largest absolute Gasteiger partial charge is 0.382 e. The predicted molar refractivity (Wildman–Crippen MR) is 77.0 cm³/mol. The Labute approximate surface area is 112 Å². The molecule has 2 unspecified atom stereocenters.